The molecule has 142 valence electrons. The van der Waals surface area contributed by atoms with Crippen LogP contribution < -0.4 is 0 Å². The minimum Gasteiger partial charge on any atom is -0.255 e. The fourth-order valence-corrected chi connectivity index (χ4v) is 7.49. The molecule has 4 heterocycles. The van der Waals surface area contributed by atoms with Gasteiger partial charge in [-0.15, -0.1) is 34.0 Å². The van der Waals surface area contributed by atoms with Gasteiger partial charge in [-0.3, -0.25) is 4.98 Å². The molecule has 0 aliphatic heterocycles. The first-order valence-corrected chi connectivity index (χ1v) is 12.3. The third kappa shape index (κ3) is 2.59. The topological polar surface area (TPSA) is 12.9 Å². The third-order valence-corrected chi connectivity index (χ3v) is 8.72. The van der Waals surface area contributed by atoms with E-state index in [1.807, 2.05) is 40.2 Å². The van der Waals surface area contributed by atoms with E-state index >= 15 is 0 Å². The van der Waals surface area contributed by atoms with Crippen molar-refractivity contribution in [1.29, 1.82) is 0 Å². The van der Waals surface area contributed by atoms with E-state index in [9.17, 15) is 0 Å². The van der Waals surface area contributed by atoms with Gasteiger partial charge in [0, 0.05) is 42.0 Å². The molecule has 0 fully saturated rings. The molecule has 0 saturated heterocycles. The van der Waals surface area contributed by atoms with Crippen LogP contribution in [0.1, 0.15) is 26.3 Å². The monoisotopic (exact) mass is 429 g/mol. The molecule has 0 radical (unpaired) electrons. The van der Waals surface area contributed by atoms with E-state index in [1.54, 1.807) is 0 Å². The van der Waals surface area contributed by atoms with Gasteiger partial charge in [-0.25, -0.2) is 0 Å². The summed E-state index contributed by atoms with van der Waals surface area (Å²) in [5, 5.41) is 9.72. The van der Waals surface area contributed by atoms with E-state index in [0.717, 1.165) is 5.69 Å². The first-order valence-electron chi connectivity index (χ1n) is 9.70. The predicted molar refractivity (Wildman–Crippen MR) is 132 cm³/mol. The smallest absolute Gasteiger partial charge is 0.0880 e. The molecule has 6 rings (SSSR count). The highest BCUT2D eigenvalue weighted by atomic mass is 32.1. The number of aromatic nitrogens is 1. The molecule has 0 amide bonds. The van der Waals surface area contributed by atoms with Gasteiger partial charge in [0.15, 0.2) is 0 Å². The Hall–Kier alpha value is -2.27. The van der Waals surface area contributed by atoms with Crippen LogP contribution in [0.15, 0.2) is 59.4 Å². The Balaban J connectivity index is 1.71. The lowest BCUT2D eigenvalue weighted by atomic mass is 9.85. The average molecular weight is 430 g/mol. The number of nitrogens with zero attached hydrogens (tertiary/aromatic N) is 1. The zero-order chi connectivity index (χ0) is 19.8. The van der Waals surface area contributed by atoms with Crippen molar-refractivity contribution >= 4 is 74.4 Å². The summed E-state index contributed by atoms with van der Waals surface area (Å²) in [6, 6.07) is 15.9. The average Bonchev–Trinajstić information content (AvgIpc) is 3.42. The number of hydrogen-bond acceptors (Lipinski definition) is 4. The van der Waals surface area contributed by atoms with E-state index in [2.05, 4.69) is 74.0 Å². The van der Waals surface area contributed by atoms with Crippen molar-refractivity contribution in [2.24, 2.45) is 0 Å². The summed E-state index contributed by atoms with van der Waals surface area (Å²) in [5.74, 6) is 0. The summed E-state index contributed by atoms with van der Waals surface area (Å²) in [6.45, 7) is 6.89. The van der Waals surface area contributed by atoms with Crippen LogP contribution in [0.2, 0.25) is 0 Å². The van der Waals surface area contributed by atoms with Crippen LogP contribution in [0.5, 0.6) is 0 Å². The van der Waals surface area contributed by atoms with Crippen molar-refractivity contribution in [3.05, 3.63) is 65.0 Å². The molecule has 0 N–H and O–H groups in total. The van der Waals surface area contributed by atoms with Crippen molar-refractivity contribution in [2.75, 3.05) is 0 Å². The molecule has 0 spiro atoms. The van der Waals surface area contributed by atoms with Crippen LogP contribution in [0.25, 0.3) is 51.6 Å². The van der Waals surface area contributed by atoms with Gasteiger partial charge >= 0.3 is 0 Å². The standard InChI is InChI=1S/C25H19NS3/c1-25(2,3)19-13-15(12-14-7-10-28-22(14)19)21-24-17(6-9-26-21)16-4-5-20-18(8-11-27-20)23(16)29-24/h4-13H,1-3H3. The van der Waals surface area contributed by atoms with Crippen LogP contribution in [-0.4, -0.2) is 4.98 Å². The van der Waals surface area contributed by atoms with Crippen LogP contribution in [0.3, 0.4) is 0 Å². The second-order valence-corrected chi connectivity index (χ2v) is 11.4. The third-order valence-electron chi connectivity index (χ3n) is 5.62. The zero-order valence-corrected chi connectivity index (χ0v) is 18.9. The van der Waals surface area contributed by atoms with Gasteiger partial charge in [0.1, 0.15) is 0 Å². The SMILES string of the molecule is CC(C)(C)c1cc(-c2nccc3c2sc2c4ccsc4ccc32)cc2ccsc12. The number of fused-ring (bicyclic) bond motifs is 6. The summed E-state index contributed by atoms with van der Waals surface area (Å²) in [5.41, 5.74) is 3.82. The largest absolute Gasteiger partial charge is 0.255 e. The predicted octanol–water partition coefficient (Wildman–Crippen LogP) is 8.84. The van der Waals surface area contributed by atoms with Crippen LogP contribution in [-0.2, 0) is 5.41 Å². The number of pyridine rings is 1. The van der Waals surface area contributed by atoms with Gasteiger partial charge in [0.25, 0.3) is 0 Å². The fraction of sp³-hybridized carbons (Fsp3) is 0.160. The molecule has 2 aromatic carbocycles. The van der Waals surface area contributed by atoms with E-state index in [1.165, 1.54) is 51.5 Å². The number of rotatable bonds is 1. The number of hydrogen-bond donors (Lipinski definition) is 0. The molecule has 29 heavy (non-hydrogen) atoms. The Morgan fingerprint density at radius 3 is 2.45 bits per heavy atom. The van der Waals surface area contributed by atoms with Gasteiger partial charge in [-0.1, -0.05) is 26.8 Å². The molecule has 0 atom stereocenters. The van der Waals surface area contributed by atoms with E-state index in [4.69, 9.17) is 4.98 Å². The molecule has 4 heteroatoms. The van der Waals surface area contributed by atoms with Crippen molar-refractivity contribution in [3.8, 4) is 11.3 Å². The lowest BCUT2D eigenvalue weighted by Crippen LogP contribution is -2.11. The highest BCUT2D eigenvalue weighted by molar-refractivity contribution is 7.28. The summed E-state index contributed by atoms with van der Waals surface area (Å²) in [6.07, 6.45) is 1.97. The van der Waals surface area contributed by atoms with Crippen molar-refractivity contribution in [2.45, 2.75) is 26.2 Å². The summed E-state index contributed by atoms with van der Waals surface area (Å²) >= 11 is 5.53. The molecular weight excluding hydrogens is 410 g/mol. The second-order valence-electron chi connectivity index (χ2n) is 8.53. The van der Waals surface area contributed by atoms with E-state index in [-0.39, 0.29) is 5.41 Å². The van der Waals surface area contributed by atoms with Crippen LogP contribution in [0, 0.1) is 0 Å². The molecule has 6 aromatic rings. The summed E-state index contributed by atoms with van der Waals surface area (Å²) < 4.78 is 5.41. The highest BCUT2D eigenvalue weighted by Crippen LogP contribution is 2.44. The maximum atomic E-state index is 4.87. The first kappa shape index (κ1) is 17.6. The number of benzene rings is 2. The molecule has 0 saturated carbocycles. The molecule has 0 aliphatic carbocycles. The van der Waals surface area contributed by atoms with Gasteiger partial charge in [0.05, 0.1) is 10.4 Å². The van der Waals surface area contributed by atoms with E-state index in [0.29, 0.717) is 0 Å². The highest BCUT2D eigenvalue weighted by Gasteiger charge is 2.21. The molecular formula is C25H19NS3. The molecule has 0 bridgehead atoms. The van der Waals surface area contributed by atoms with Crippen molar-refractivity contribution < 1.29 is 0 Å². The zero-order valence-electron chi connectivity index (χ0n) is 16.4. The van der Waals surface area contributed by atoms with E-state index < -0.39 is 0 Å². The van der Waals surface area contributed by atoms with Gasteiger partial charge in [-0.2, -0.15) is 0 Å². The Labute approximate surface area is 181 Å². The van der Waals surface area contributed by atoms with Crippen LogP contribution in [0.4, 0.5) is 0 Å². The minimum absolute atomic E-state index is 0.0933. The Morgan fingerprint density at radius 1 is 0.759 bits per heavy atom. The molecule has 0 unspecified atom stereocenters. The molecule has 1 nitrogen and oxygen atoms in total. The maximum Gasteiger partial charge on any atom is 0.0880 e. The van der Waals surface area contributed by atoms with Crippen LogP contribution >= 0.6 is 34.0 Å². The minimum atomic E-state index is 0.0933. The Bertz CT molecular complexity index is 1540. The normalized spacial score (nSPS) is 12.7. The van der Waals surface area contributed by atoms with Crippen molar-refractivity contribution in [3.63, 3.8) is 0 Å². The summed E-state index contributed by atoms with van der Waals surface area (Å²) in [7, 11) is 0. The van der Waals surface area contributed by atoms with Gasteiger partial charge in [-0.05, 0) is 63.5 Å². The van der Waals surface area contributed by atoms with Crippen molar-refractivity contribution in [1.82, 2.24) is 4.98 Å². The lowest BCUT2D eigenvalue weighted by Gasteiger charge is -2.21. The van der Waals surface area contributed by atoms with Gasteiger partial charge in [0.2, 0.25) is 0 Å². The first-order chi connectivity index (χ1) is 14.0. The fourth-order valence-electron chi connectivity index (χ4n) is 4.19. The Morgan fingerprint density at radius 2 is 1.59 bits per heavy atom. The quantitative estimate of drug-likeness (QED) is 0.254. The maximum absolute atomic E-state index is 4.87. The number of thiophene rings is 3. The Kier molecular flexibility index (Phi) is 3.71. The van der Waals surface area contributed by atoms with Gasteiger partial charge < -0.3 is 0 Å². The molecule has 4 aromatic heterocycles. The molecule has 0 aliphatic rings. The second kappa shape index (κ2) is 6.11. The summed E-state index contributed by atoms with van der Waals surface area (Å²) in [4.78, 5) is 4.87. The lowest BCUT2D eigenvalue weighted by molar-refractivity contribution is 0.597.